The molecule has 110 valence electrons. The predicted molar refractivity (Wildman–Crippen MR) is 69.9 cm³/mol. The van der Waals surface area contributed by atoms with Crippen LogP contribution in [-0.2, 0) is 14.4 Å². The van der Waals surface area contributed by atoms with Gasteiger partial charge in [0, 0.05) is 5.75 Å². The van der Waals surface area contributed by atoms with E-state index >= 15 is 0 Å². The summed E-state index contributed by atoms with van der Waals surface area (Å²) in [5.74, 6) is -1.69. The second kappa shape index (κ2) is 4.97. The van der Waals surface area contributed by atoms with E-state index < -0.39 is 35.4 Å². The Labute approximate surface area is 119 Å². The second-order valence-corrected chi connectivity index (χ2v) is 6.13. The van der Waals surface area contributed by atoms with Crippen LogP contribution < -0.4 is 5.32 Å². The highest BCUT2D eigenvalue weighted by molar-refractivity contribution is 7.99. The first-order valence-electron chi connectivity index (χ1n) is 5.98. The van der Waals surface area contributed by atoms with E-state index in [0.717, 1.165) is 4.90 Å². The summed E-state index contributed by atoms with van der Waals surface area (Å²) in [4.78, 5) is 49.1. The molecule has 2 aliphatic rings. The van der Waals surface area contributed by atoms with Crippen molar-refractivity contribution in [3.63, 3.8) is 0 Å². The van der Waals surface area contributed by atoms with Crippen LogP contribution in [0.15, 0.2) is 0 Å². The maximum absolute atomic E-state index is 12.5. The number of urea groups is 1. The average molecular weight is 301 g/mol. The van der Waals surface area contributed by atoms with Gasteiger partial charge in [0.1, 0.15) is 18.1 Å². The van der Waals surface area contributed by atoms with Crippen LogP contribution in [0.5, 0.6) is 0 Å². The maximum Gasteiger partial charge on any atom is 0.327 e. The summed E-state index contributed by atoms with van der Waals surface area (Å²) >= 11 is 1.32. The van der Waals surface area contributed by atoms with Crippen molar-refractivity contribution in [1.82, 2.24) is 15.1 Å². The largest absolute Gasteiger partial charge is 0.480 e. The lowest BCUT2D eigenvalue weighted by Gasteiger charge is -2.42. The summed E-state index contributed by atoms with van der Waals surface area (Å²) in [6.45, 7) is 2.78. The summed E-state index contributed by atoms with van der Waals surface area (Å²) < 4.78 is 0. The SMILES string of the molecule is CC1(C)C(=O)NC(=O)CN1C(=O)N1CSC[C@H]1C(=O)O. The summed E-state index contributed by atoms with van der Waals surface area (Å²) in [5, 5.41) is 11.3. The molecule has 0 bridgehead atoms. The fourth-order valence-electron chi connectivity index (χ4n) is 2.08. The van der Waals surface area contributed by atoms with E-state index in [-0.39, 0.29) is 12.4 Å². The Hall–Kier alpha value is -1.77. The van der Waals surface area contributed by atoms with E-state index in [4.69, 9.17) is 5.11 Å². The third kappa shape index (κ3) is 2.33. The number of carbonyl (C=O) groups is 4. The van der Waals surface area contributed by atoms with Crippen molar-refractivity contribution in [2.24, 2.45) is 0 Å². The zero-order valence-electron chi connectivity index (χ0n) is 11.1. The number of amides is 4. The van der Waals surface area contributed by atoms with Crippen molar-refractivity contribution < 1.29 is 24.3 Å². The van der Waals surface area contributed by atoms with E-state index in [1.165, 1.54) is 30.5 Å². The van der Waals surface area contributed by atoms with Crippen molar-refractivity contribution in [2.75, 3.05) is 18.2 Å². The Bertz CT molecular complexity index is 492. The first-order chi connectivity index (χ1) is 9.25. The van der Waals surface area contributed by atoms with Gasteiger partial charge in [-0.05, 0) is 13.8 Å². The van der Waals surface area contributed by atoms with Crippen LogP contribution in [-0.4, -0.2) is 68.5 Å². The van der Waals surface area contributed by atoms with Gasteiger partial charge in [-0.3, -0.25) is 14.9 Å². The molecule has 2 rings (SSSR count). The van der Waals surface area contributed by atoms with E-state index in [0.29, 0.717) is 5.75 Å². The molecule has 2 saturated heterocycles. The Morgan fingerprint density at radius 2 is 2.05 bits per heavy atom. The third-order valence-electron chi connectivity index (χ3n) is 3.43. The molecule has 4 amide bonds. The number of imide groups is 1. The number of aliphatic carboxylic acids is 1. The fourth-order valence-corrected chi connectivity index (χ4v) is 3.22. The molecule has 9 heteroatoms. The zero-order valence-corrected chi connectivity index (χ0v) is 11.9. The van der Waals surface area contributed by atoms with Gasteiger partial charge in [0.05, 0.1) is 5.88 Å². The normalized spacial score (nSPS) is 25.6. The van der Waals surface area contributed by atoms with Gasteiger partial charge in [0.15, 0.2) is 0 Å². The number of thioether (sulfide) groups is 1. The minimum atomic E-state index is -1.19. The minimum Gasteiger partial charge on any atom is -0.480 e. The smallest absolute Gasteiger partial charge is 0.327 e. The number of carboxylic acids is 1. The fraction of sp³-hybridized carbons (Fsp3) is 0.636. The van der Waals surface area contributed by atoms with Crippen LogP contribution in [0.4, 0.5) is 4.79 Å². The van der Waals surface area contributed by atoms with Gasteiger partial charge in [-0.25, -0.2) is 9.59 Å². The topological polar surface area (TPSA) is 107 Å². The highest BCUT2D eigenvalue weighted by Gasteiger charge is 2.47. The Morgan fingerprint density at radius 3 is 2.65 bits per heavy atom. The van der Waals surface area contributed by atoms with Gasteiger partial charge >= 0.3 is 12.0 Å². The van der Waals surface area contributed by atoms with E-state index in [2.05, 4.69) is 5.32 Å². The lowest BCUT2D eigenvalue weighted by molar-refractivity contribution is -0.143. The average Bonchev–Trinajstić information content (AvgIpc) is 2.82. The monoisotopic (exact) mass is 301 g/mol. The number of piperazine rings is 1. The molecule has 2 fully saturated rings. The highest BCUT2D eigenvalue weighted by Crippen LogP contribution is 2.26. The molecule has 8 nitrogen and oxygen atoms in total. The zero-order chi connectivity index (χ0) is 15.1. The number of carbonyl (C=O) groups excluding carboxylic acids is 3. The van der Waals surface area contributed by atoms with Gasteiger partial charge in [-0.1, -0.05) is 0 Å². The molecule has 20 heavy (non-hydrogen) atoms. The second-order valence-electron chi connectivity index (χ2n) is 5.13. The number of hydrogen-bond donors (Lipinski definition) is 2. The van der Waals surface area contributed by atoms with E-state index in [1.807, 2.05) is 0 Å². The number of nitrogens with one attached hydrogen (secondary N) is 1. The van der Waals surface area contributed by atoms with Crippen LogP contribution in [0.2, 0.25) is 0 Å². The quantitative estimate of drug-likeness (QED) is 0.620. The molecule has 0 radical (unpaired) electrons. The highest BCUT2D eigenvalue weighted by atomic mass is 32.2. The van der Waals surface area contributed by atoms with Crippen molar-refractivity contribution in [2.45, 2.75) is 25.4 Å². The van der Waals surface area contributed by atoms with Crippen LogP contribution >= 0.6 is 11.8 Å². The van der Waals surface area contributed by atoms with Gasteiger partial charge in [-0.2, -0.15) is 0 Å². The maximum atomic E-state index is 12.5. The Balaban J connectivity index is 2.25. The molecule has 0 unspecified atom stereocenters. The lowest BCUT2D eigenvalue weighted by Crippen LogP contribution is -2.67. The van der Waals surface area contributed by atoms with Crippen LogP contribution in [0.3, 0.4) is 0 Å². The molecule has 0 aromatic carbocycles. The minimum absolute atomic E-state index is 0.234. The molecule has 0 aromatic rings. The first-order valence-corrected chi connectivity index (χ1v) is 7.13. The lowest BCUT2D eigenvalue weighted by atomic mass is 9.99. The Kier molecular flexibility index (Phi) is 3.63. The first kappa shape index (κ1) is 14.6. The molecule has 2 heterocycles. The number of nitrogens with zero attached hydrogens (tertiary/aromatic N) is 2. The number of rotatable bonds is 1. The van der Waals surface area contributed by atoms with Gasteiger partial charge in [0.2, 0.25) is 5.91 Å². The van der Waals surface area contributed by atoms with E-state index in [1.54, 1.807) is 0 Å². The summed E-state index contributed by atoms with van der Waals surface area (Å²) in [7, 11) is 0. The molecule has 2 aliphatic heterocycles. The summed E-state index contributed by atoms with van der Waals surface area (Å²) in [5.41, 5.74) is -1.19. The van der Waals surface area contributed by atoms with Crippen molar-refractivity contribution in [1.29, 1.82) is 0 Å². The Morgan fingerprint density at radius 1 is 1.40 bits per heavy atom. The molecule has 2 N–H and O–H groups in total. The van der Waals surface area contributed by atoms with Crippen molar-refractivity contribution >= 4 is 35.6 Å². The number of carboxylic acid groups (broad SMARTS) is 1. The van der Waals surface area contributed by atoms with Crippen LogP contribution in [0.25, 0.3) is 0 Å². The molecule has 0 aromatic heterocycles. The summed E-state index contributed by atoms with van der Waals surface area (Å²) in [6, 6.07) is -1.53. The summed E-state index contributed by atoms with van der Waals surface area (Å²) in [6.07, 6.45) is 0. The van der Waals surface area contributed by atoms with Gasteiger partial charge in [-0.15, -0.1) is 11.8 Å². The molecule has 0 spiro atoms. The number of hydrogen-bond acceptors (Lipinski definition) is 5. The molecule has 0 saturated carbocycles. The van der Waals surface area contributed by atoms with Gasteiger partial charge < -0.3 is 14.9 Å². The van der Waals surface area contributed by atoms with Crippen molar-refractivity contribution in [3.8, 4) is 0 Å². The van der Waals surface area contributed by atoms with Crippen molar-refractivity contribution in [3.05, 3.63) is 0 Å². The standard InChI is InChI=1S/C11H15N3O5S/c1-11(2)9(18)12-7(15)3-14(11)10(19)13-5-20-4-6(13)8(16)17/h6H,3-5H2,1-2H3,(H,16,17)(H,12,15,18)/t6-/m0/s1. The predicted octanol–water partition coefficient (Wildman–Crippen LogP) is -0.697. The van der Waals surface area contributed by atoms with Crippen LogP contribution in [0.1, 0.15) is 13.8 Å². The van der Waals surface area contributed by atoms with Crippen LogP contribution in [0, 0.1) is 0 Å². The molecular weight excluding hydrogens is 286 g/mol. The molecule has 0 aliphatic carbocycles. The molecule has 1 atom stereocenters. The van der Waals surface area contributed by atoms with E-state index in [9.17, 15) is 19.2 Å². The molecular formula is C11H15N3O5S. The third-order valence-corrected chi connectivity index (χ3v) is 4.44. The van der Waals surface area contributed by atoms with Gasteiger partial charge in [0.25, 0.3) is 5.91 Å².